The molecule has 1 rings (SSSR count). The highest BCUT2D eigenvalue weighted by Gasteiger charge is 2.24. The lowest BCUT2D eigenvalue weighted by atomic mass is 10.1. The third kappa shape index (κ3) is 5.83. The third-order valence-corrected chi connectivity index (χ3v) is 2.27. The molecule has 2 N–H and O–H groups in total. The molecule has 0 aliphatic rings. The van der Waals surface area contributed by atoms with Crippen LogP contribution < -0.4 is 5.32 Å². The van der Waals surface area contributed by atoms with Crippen molar-refractivity contribution in [3.8, 4) is 0 Å². The van der Waals surface area contributed by atoms with Crippen LogP contribution in [0.4, 0.5) is 4.79 Å². The van der Waals surface area contributed by atoms with Crippen LogP contribution in [0, 0.1) is 0 Å². The molecule has 0 radical (unpaired) electrons. The summed E-state index contributed by atoms with van der Waals surface area (Å²) in [7, 11) is 0. The molecule has 20 heavy (non-hydrogen) atoms. The second kappa shape index (κ2) is 6.51. The van der Waals surface area contributed by atoms with Gasteiger partial charge in [-0.25, -0.2) is 19.6 Å². The van der Waals surface area contributed by atoms with Gasteiger partial charge in [-0.05, 0) is 38.4 Å². The van der Waals surface area contributed by atoms with Crippen molar-refractivity contribution in [2.75, 3.05) is 0 Å². The van der Waals surface area contributed by atoms with Crippen LogP contribution in [0.2, 0.25) is 5.28 Å². The minimum absolute atomic E-state index is 0.0170. The molecule has 0 saturated heterocycles. The number of aromatic nitrogens is 2. The van der Waals surface area contributed by atoms with E-state index in [0.29, 0.717) is 5.69 Å². The zero-order chi connectivity index (χ0) is 15.3. The lowest BCUT2D eigenvalue weighted by molar-refractivity contribution is -0.139. The predicted molar refractivity (Wildman–Crippen MR) is 71.5 cm³/mol. The monoisotopic (exact) mass is 301 g/mol. The standard InChI is InChI=1S/C12H16ClN3O4/c1-12(2,3)20-11(19)16-8(9(17)18)6-7-4-5-14-10(13)15-7/h4-5,8H,6H2,1-3H3,(H,16,19)(H,17,18). The van der Waals surface area contributed by atoms with Gasteiger partial charge in [-0.15, -0.1) is 0 Å². The molecule has 0 fully saturated rings. The first-order chi connectivity index (χ1) is 9.17. The van der Waals surface area contributed by atoms with Crippen LogP contribution in [-0.4, -0.2) is 38.8 Å². The second-order valence-electron chi connectivity index (χ2n) is 5.06. The largest absolute Gasteiger partial charge is 0.480 e. The van der Waals surface area contributed by atoms with Gasteiger partial charge in [0, 0.05) is 18.3 Å². The van der Waals surface area contributed by atoms with E-state index in [0.717, 1.165) is 0 Å². The van der Waals surface area contributed by atoms with E-state index in [2.05, 4.69) is 15.3 Å². The van der Waals surface area contributed by atoms with E-state index < -0.39 is 23.7 Å². The molecule has 110 valence electrons. The lowest BCUT2D eigenvalue weighted by Crippen LogP contribution is -2.44. The number of hydrogen-bond donors (Lipinski definition) is 2. The van der Waals surface area contributed by atoms with Gasteiger partial charge in [-0.1, -0.05) is 0 Å². The number of ether oxygens (including phenoxy) is 1. The topological polar surface area (TPSA) is 101 Å². The van der Waals surface area contributed by atoms with Gasteiger partial charge in [0.05, 0.1) is 0 Å². The Kier molecular flexibility index (Phi) is 5.26. The van der Waals surface area contributed by atoms with E-state index >= 15 is 0 Å². The fraction of sp³-hybridized carbons (Fsp3) is 0.500. The summed E-state index contributed by atoms with van der Waals surface area (Å²) in [5.41, 5.74) is -0.292. The van der Waals surface area contributed by atoms with Gasteiger partial charge >= 0.3 is 12.1 Å². The summed E-state index contributed by atoms with van der Waals surface area (Å²) in [5.74, 6) is -1.19. The molecule has 0 spiro atoms. The number of alkyl carbamates (subject to hydrolysis) is 1. The van der Waals surface area contributed by atoms with Gasteiger partial charge in [0.2, 0.25) is 5.28 Å². The molecule has 7 nitrogen and oxygen atoms in total. The first-order valence-electron chi connectivity index (χ1n) is 5.87. The Balaban J connectivity index is 2.71. The van der Waals surface area contributed by atoms with Crippen molar-refractivity contribution in [1.29, 1.82) is 0 Å². The van der Waals surface area contributed by atoms with Crippen molar-refractivity contribution < 1.29 is 19.4 Å². The number of amides is 1. The fourth-order valence-corrected chi connectivity index (χ4v) is 1.51. The maximum Gasteiger partial charge on any atom is 0.408 e. The zero-order valence-electron chi connectivity index (χ0n) is 11.4. The highest BCUT2D eigenvalue weighted by Crippen LogP contribution is 2.08. The Labute approximate surface area is 121 Å². The number of carboxylic acids is 1. The molecular formula is C12H16ClN3O4. The molecule has 0 saturated carbocycles. The summed E-state index contributed by atoms with van der Waals surface area (Å²) < 4.78 is 5.01. The Morgan fingerprint density at radius 2 is 2.15 bits per heavy atom. The quantitative estimate of drug-likeness (QED) is 0.820. The van der Waals surface area contributed by atoms with Gasteiger partial charge in [-0.3, -0.25) is 0 Å². The number of rotatable bonds is 4. The maximum atomic E-state index is 11.6. The molecular weight excluding hydrogens is 286 g/mol. The van der Waals surface area contributed by atoms with Crippen LogP contribution in [0.15, 0.2) is 12.3 Å². The van der Waals surface area contributed by atoms with Crippen LogP contribution in [0.3, 0.4) is 0 Å². The normalized spacial score (nSPS) is 12.6. The molecule has 0 aliphatic heterocycles. The first-order valence-corrected chi connectivity index (χ1v) is 6.25. The summed E-state index contributed by atoms with van der Waals surface area (Å²) in [4.78, 5) is 30.3. The summed E-state index contributed by atoms with van der Waals surface area (Å²) in [6.07, 6.45) is 0.596. The van der Waals surface area contributed by atoms with Crippen molar-refractivity contribution in [1.82, 2.24) is 15.3 Å². The van der Waals surface area contributed by atoms with Gasteiger partial charge < -0.3 is 15.2 Å². The molecule has 0 bridgehead atoms. The molecule has 1 unspecified atom stereocenters. The molecule has 1 amide bonds. The minimum Gasteiger partial charge on any atom is -0.480 e. The van der Waals surface area contributed by atoms with Gasteiger partial charge in [0.15, 0.2) is 0 Å². The van der Waals surface area contributed by atoms with E-state index in [-0.39, 0.29) is 11.7 Å². The Morgan fingerprint density at radius 1 is 1.50 bits per heavy atom. The zero-order valence-corrected chi connectivity index (χ0v) is 12.1. The highest BCUT2D eigenvalue weighted by molar-refractivity contribution is 6.28. The van der Waals surface area contributed by atoms with Crippen LogP contribution >= 0.6 is 11.6 Å². The third-order valence-electron chi connectivity index (χ3n) is 2.09. The van der Waals surface area contributed by atoms with Gasteiger partial charge in [0.1, 0.15) is 11.6 Å². The Hall–Kier alpha value is -1.89. The first kappa shape index (κ1) is 16.2. The molecule has 0 aliphatic carbocycles. The summed E-state index contributed by atoms with van der Waals surface area (Å²) in [5, 5.41) is 11.4. The van der Waals surface area contributed by atoms with Crippen molar-refractivity contribution >= 4 is 23.7 Å². The number of nitrogens with one attached hydrogen (secondary N) is 1. The number of nitrogens with zero attached hydrogens (tertiary/aromatic N) is 2. The van der Waals surface area contributed by atoms with Crippen molar-refractivity contribution in [3.05, 3.63) is 23.2 Å². The number of halogens is 1. The van der Waals surface area contributed by atoms with Crippen LogP contribution in [0.25, 0.3) is 0 Å². The SMILES string of the molecule is CC(C)(C)OC(=O)NC(Cc1ccnc(Cl)n1)C(=O)O. The van der Waals surface area contributed by atoms with Crippen LogP contribution in [0.1, 0.15) is 26.5 Å². The van der Waals surface area contributed by atoms with Crippen molar-refractivity contribution in [2.24, 2.45) is 0 Å². The maximum absolute atomic E-state index is 11.6. The van der Waals surface area contributed by atoms with E-state index in [1.165, 1.54) is 12.3 Å². The van der Waals surface area contributed by atoms with Gasteiger partial charge in [0.25, 0.3) is 0 Å². The number of carboxylic acid groups (broad SMARTS) is 1. The molecule has 8 heteroatoms. The lowest BCUT2D eigenvalue weighted by Gasteiger charge is -2.21. The smallest absolute Gasteiger partial charge is 0.408 e. The number of carbonyl (C=O) groups is 2. The van der Waals surface area contributed by atoms with Crippen molar-refractivity contribution in [2.45, 2.75) is 38.8 Å². The predicted octanol–water partition coefficient (Wildman–Crippen LogP) is 1.65. The molecule has 1 aromatic rings. The van der Waals surface area contributed by atoms with Crippen LogP contribution in [-0.2, 0) is 16.0 Å². The number of aliphatic carboxylic acids is 1. The van der Waals surface area contributed by atoms with E-state index in [4.69, 9.17) is 21.4 Å². The minimum atomic E-state index is -1.19. The Morgan fingerprint density at radius 3 is 2.65 bits per heavy atom. The van der Waals surface area contributed by atoms with Crippen LogP contribution in [0.5, 0.6) is 0 Å². The summed E-state index contributed by atoms with van der Waals surface area (Å²) >= 11 is 5.62. The average Bonchev–Trinajstić information content (AvgIpc) is 2.25. The second-order valence-corrected chi connectivity index (χ2v) is 5.40. The summed E-state index contributed by atoms with van der Waals surface area (Å²) in [6, 6.07) is 0.370. The van der Waals surface area contributed by atoms with E-state index in [1.807, 2.05) is 0 Å². The molecule has 0 aromatic carbocycles. The number of carbonyl (C=O) groups excluding carboxylic acids is 1. The molecule has 1 heterocycles. The summed E-state index contributed by atoms with van der Waals surface area (Å²) in [6.45, 7) is 5.06. The molecule has 1 atom stereocenters. The van der Waals surface area contributed by atoms with Gasteiger partial charge in [-0.2, -0.15) is 0 Å². The molecule has 1 aromatic heterocycles. The van der Waals surface area contributed by atoms with E-state index in [9.17, 15) is 9.59 Å². The van der Waals surface area contributed by atoms with E-state index in [1.54, 1.807) is 20.8 Å². The fourth-order valence-electron chi connectivity index (χ4n) is 1.34. The average molecular weight is 302 g/mol. The number of hydrogen-bond acceptors (Lipinski definition) is 5. The van der Waals surface area contributed by atoms with Crippen molar-refractivity contribution in [3.63, 3.8) is 0 Å². The highest BCUT2D eigenvalue weighted by atomic mass is 35.5. The Bertz CT molecular complexity index is 502.